The molecule has 0 bridgehead atoms. The van der Waals surface area contributed by atoms with E-state index in [4.69, 9.17) is 5.26 Å². The Morgan fingerprint density at radius 3 is 2.48 bits per heavy atom. The molecule has 6 heteroatoms. The summed E-state index contributed by atoms with van der Waals surface area (Å²) in [7, 11) is 0. The lowest BCUT2D eigenvalue weighted by atomic mass is 10.0. The van der Waals surface area contributed by atoms with Gasteiger partial charge in [-0.05, 0) is 48.0 Å². The highest BCUT2D eigenvalue weighted by Gasteiger charge is 2.17. The van der Waals surface area contributed by atoms with Crippen LogP contribution in [-0.2, 0) is 0 Å². The van der Waals surface area contributed by atoms with Gasteiger partial charge in [0.1, 0.15) is 17.6 Å². The lowest BCUT2D eigenvalue weighted by molar-refractivity contribution is 0.584. The largest absolute Gasteiger partial charge is 0.238 e. The molecule has 0 amide bonds. The molecule has 3 aromatic heterocycles. The van der Waals surface area contributed by atoms with Crippen LogP contribution in [0.25, 0.3) is 27.9 Å². The van der Waals surface area contributed by atoms with Crippen molar-refractivity contribution in [3.63, 3.8) is 0 Å². The van der Waals surface area contributed by atoms with Crippen LogP contribution >= 0.6 is 0 Å². The maximum Gasteiger partial charge on any atom is 0.213 e. The maximum atomic E-state index is 13.6. The van der Waals surface area contributed by atoms with Gasteiger partial charge in [-0.25, -0.2) is 13.9 Å². The van der Waals surface area contributed by atoms with Gasteiger partial charge in [-0.2, -0.15) is 14.8 Å². The van der Waals surface area contributed by atoms with Gasteiger partial charge in [0.15, 0.2) is 0 Å². The second-order valence-corrected chi connectivity index (χ2v) is 5.46. The van der Waals surface area contributed by atoms with Crippen LogP contribution in [-0.4, -0.2) is 14.6 Å². The van der Waals surface area contributed by atoms with Gasteiger partial charge in [0.2, 0.25) is 5.95 Å². The molecule has 0 spiro atoms. The van der Waals surface area contributed by atoms with Crippen LogP contribution in [0.2, 0.25) is 0 Å². The Labute approximate surface area is 141 Å². The lowest BCUT2D eigenvalue weighted by Gasteiger charge is -2.04. The van der Waals surface area contributed by atoms with E-state index in [-0.39, 0.29) is 5.82 Å². The van der Waals surface area contributed by atoms with Crippen LogP contribution in [0, 0.1) is 23.1 Å². The van der Waals surface area contributed by atoms with E-state index in [1.807, 2.05) is 0 Å². The number of fused-ring (bicyclic) bond motifs is 1. The first-order valence-electron chi connectivity index (χ1n) is 7.46. The van der Waals surface area contributed by atoms with Gasteiger partial charge in [0.05, 0.1) is 11.1 Å². The minimum absolute atomic E-state index is 0.351. The molecule has 3 heterocycles. The molecule has 0 saturated carbocycles. The van der Waals surface area contributed by atoms with Gasteiger partial charge >= 0.3 is 0 Å². The van der Waals surface area contributed by atoms with Crippen molar-refractivity contribution in [1.82, 2.24) is 14.6 Å². The third kappa shape index (κ3) is 2.62. The third-order valence-electron chi connectivity index (χ3n) is 3.89. The molecule has 0 fully saturated rings. The topological polar surface area (TPSA) is 54.0 Å². The number of hydrogen-bond donors (Lipinski definition) is 0. The van der Waals surface area contributed by atoms with E-state index < -0.39 is 5.95 Å². The predicted octanol–water partition coefficient (Wildman–Crippen LogP) is 4.21. The zero-order valence-corrected chi connectivity index (χ0v) is 12.8. The van der Waals surface area contributed by atoms with Crippen molar-refractivity contribution in [2.45, 2.75) is 0 Å². The predicted molar refractivity (Wildman–Crippen MR) is 88.5 cm³/mol. The van der Waals surface area contributed by atoms with Crippen molar-refractivity contribution in [2.24, 2.45) is 0 Å². The molecular formula is C19H10F2N4. The fourth-order valence-electron chi connectivity index (χ4n) is 2.77. The molecule has 0 atom stereocenters. The van der Waals surface area contributed by atoms with Crippen LogP contribution in [0.15, 0.2) is 60.9 Å². The Kier molecular flexibility index (Phi) is 3.47. The quantitative estimate of drug-likeness (QED) is 0.517. The number of aromatic nitrogens is 3. The van der Waals surface area contributed by atoms with Crippen molar-refractivity contribution < 1.29 is 8.78 Å². The fourth-order valence-corrected chi connectivity index (χ4v) is 2.77. The normalized spacial score (nSPS) is 10.8. The van der Waals surface area contributed by atoms with E-state index in [0.717, 1.165) is 0 Å². The van der Waals surface area contributed by atoms with E-state index in [0.29, 0.717) is 33.5 Å². The van der Waals surface area contributed by atoms with Crippen molar-refractivity contribution in [3.8, 4) is 28.5 Å². The summed E-state index contributed by atoms with van der Waals surface area (Å²) in [6.45, 7) is 0. The molecule has 4 nitrogen and oxygen atoms in total. The Morgan fingerprint density at radius 1 is 0.960 bits per heavy atom. The summed E-state index contributed by atoms with van der Waals surface area (Å²) in [5.74, 6) is -0.952. The average molecular weight is 332 g/mol. The van der Waals surface area contributed by atoms with E-state index in [9.17, 15) is 8.78 Å². The summed E-state index contributed by atoms with van der Waals surface area (Å²) in [6, 6.07) is 14.4. The third-order valence-corrected chi connectivity index (χ3v) is 3.89. The summed E-state index contributed by atoms with van der Waals surface area (Å²) >= 11 is 0. The first kappa shape index (κ1) is 15.0. The van der Waals surface area contributed by atoms with Crippen LogP contribution in [0.3, 0.4) is 0 Å². The Balaban J connectivity index is 2.05. The number of pyridine rings is 2. The van der Waals surface area contributed by atoms with Crippen molar-refractivity contribution in [2.75, 3.05) is 0 Å². The average Bonchev–Trinajstić information content (AvgIpc) is 3.00. The minimum atomic E-state index is -0.601. The summed E-state index contributed by atoms with van der Waals surface area (Å²) in [5.41, 5.74) is 3.72. The molecule has 4 rings (SSSR count). The Hall–Kier alpha value is -3.59. The number of nitrogens with zero attached hydrogens (tertiary/aromatic N) is 4. The highest BCUT2D eigenvalue weighted by atomic mass is 19.1. The van der Waals surface area contributed by atoms with Gasteiger partial charge < -0.3 is 0 Å². The Morgan fingerprint density at radius 2 is 1.76 bits per heavy atom. The highest BCUT2D eigenvalue weighted by molar-refractivity contribution is 5.92. The first-order chi connectivity index (χ1) is 12.2. The molecule has 0 unspecified atom stereocenters. The van der Waals surface area contributed by atoms with Crippen molar-refractivity contribution in [3.05, 3.63) is 78.3 Å². The van der Waals surface area contributed by atoms with Gasteiger partial charge in [-0.15, -0.1) is 0 Å². The molecule has 4 aromatic rings. The molecule has 0 aliphatic heterocycles. The molecule has 1 aromatic carbocycles. The molecular weight excluding hydrogens is 322 g/mol. The monoisotopic (exact) mass is 332 g/mol. The van der Waals surface area contributed by atoms with Gasteiger partial charge in [-0.3, -0.25) is 0 Å². The number of benzene rings is 1. The summed E-state index contributed by atoms with van der Waals surface area (Å²) in [6.07, 6.45) is 2.98. The van der Waals surface area contributed by atoms with Crippen molar-refractivity contribution in [1.29, 1.82) is 5.26 Å². The summed E-state index contributed by atoms with van der Waals surface area (Å²) < 4.78 is 28.5. The molecule has 0 radical (unpaired) electrons. The van der Waals surface area contributed by atoms with Gasteiger partial charge in [0.25, 0.3) is 0 Å². The van der Waals surface area contributed by atoms with Gasteiger partial charge in [-0.1, -0.05) is 0 Å². The zero-order chi connectivity index (χ0) is 17.4. The summed E-state index contributed by atoms with van der Waals surface area (Å²) in [5, 5.41) is 13.6. The zero-order valence-electron chi connectivity index (χ0n) is 12.8. The molecule has 0 saturated heterocycles. The first-order valence-corrected chi connectivity index (χ1v) is 7.46. The van der Waals surface area contributed by atoms with E-state index in [2.05, 4.69) is 16.2 Å². The van der Waals surface area contributed by atoms with Crippen LogP contribution in [0.4, 0.5) is 8.78 Å². The van der Waals surface area contributed by atoms with Crippen molar-refractivity contribution >= 4 is 5.52 Å². The summed E-state index contributed by atoms with van der Waals surface area (Å²) in [4.78, 5) is 3.58. The molecule has 0 aliphatic rings. The molecule has 0 N–H and O–H groups in total. The standard InChI is InChI=1S/C19H10F2N4/c20-15-4-2-13(3-5-15)19-18(14-7-8-23-17(21)9-14)16-6-1-12(10-22)11-25(16)24-19/h1-9,11H. The van der Waals surface area contributed by atoms with E-state index in [1.54, 1.807) is 41.0 Å². The maximum absolute atomic E-state index is 13.6. The fraction of sp³-hybridized carbons (Fsp3) is 0. The van der Waals surface area contributed by atoms with Gasteiger partial charge in [0, 0.05) is 29.6 Å². The molecule has 120 valence electrons. The van der Waals surface area contributed by atoms with Crippen LogP contribution in [0.5, 0.6) is 0 Å². The Bertz CT molecular complexity index is 1120. The minimum Gasteiger partial charge on any atom is -0.238 e. The van der Waals surface area contributed by atoms with Crippen LogP contribution in [0.1, 0.15) is 5.56 Å². The number of hydrogen-bond acceptors (Lipinski definition) is 3. The second-order valence-electron chi connectivity index (χ2n) is 5.46. The second kappa shape index (κ2) is 5.80. The number of halogens is 2. The number of rotatable bonds is 2. The van der Waals surface area contributed by atoms with Crippen LogP contribution < -0.4 is 0 Å². The smallest absolute Gasteiger partial charge is 0.213 e. The van der Waals surface area contributed by atoms with E-state index >= 15 is 0 Å². The van der Waals surface area contributed by atoms with E-state index in [1.165, 1.54) is 24.4 Å². The molecule has 0 aliphatic carbocycles. The number of nitriles is 1. The SMILES string of the molecule is N#Cc1ccc2c(-c3ccnc(F)c3)c(-c3ccc(F)cc3)nn2c1. The highest BCUT2D eigenvalue weighted by Crippen LogP contribution is 2.35. The lowest BCUT2D eigenvalue weighted by Crippen LogP contribution is -1.88. The molecule has 25 heavy (non-hydrogen) atoms.